The second kappa shape index (κ2) is 6.65. The summed E-state index contributed by atoms with van der Waals surface area (Å²) in [5, 5.41) is 12.4. The molecule has 3 nitrogen and oxygen atoms in total. The Balaban J connectivity index is 1.96. The molecule has 0 bridgehead atoms. The van der Waals surface area contributed by atoms with E-state index in [0.717, 1.165) is 25.2 Å². The summed E-state index contributed by atoms with van der Waals surface area (Å²) in [5.74, 6) is 0.375. The summed E-state index contributed by atoms with van der Waals surface area (Å²) in [6, 6.07) is 6.49. The van der Waals surface area contributed by atoms with Crippen LogP contribution in [0, 0.1) is 23.1 Å². The Labute approximate surface area is 114 Å². The fraction of sp³-hybridized carbons (Fsp3) is 0.533. The molecule has 0 amide bonds. The van der Waals surface area contributed by atoms with Gasteiger partial charge in [-0.25, -0.2) is 4.39 Å². The van der Waals surface area contributed by atoms with Crippen LogP contribution in [0.15, 0.2) is 18.2 Å². The lowest BCUT2D eigenvalue weighted by Gasteiger charge is -2.27. The highest BCUT2D eigenvalue weighted by Crippen LogP contribution is 2.15. The van der Waals surface area contributed by atoms with Gasteiger partial charge >= 0.3 is 0 Å². The zero-order chi connectivity index (χ0) is 13.7. The molecule has 0 aliphatic carbocycles. The molecule has 4 heteroatoms. The van der Waals surface area contributed by atoms with Gasteiger partial charge in [-0.1, -0.05) is 0 Å². The van der Waals surface area contributed by atoms with Crippen LogP contribution in [-0.2, 0) is 6.54 Å². The van der Waals surface area contributed by atoms with Gasteiger partial charge in [-0.3, -0.25) is 0 Å². The van der Waals surface area contributed by atoms with Crippen LogP contribution < -0.4 is 5.32 Å². The van der Waals surface area contributed by atoms with Crippen LogP contribution >= 0.6 is 0 Å². The number of piperidine rings is 1. The molecule has 1 N–H and O–H groups in total. The average molecular weight is 261 g/mol. The molecule has 1 unspecified atom stereocenters. The number of nitriles is 1. The van der Waals surface area contributed by atoms with E-state index in [2.05, 4.69) is 16.3 Å². The number of halogens is 1. The fourth-order valence-corrected chi connectivity index (χ4v) is 2.68. The summed E-state index contributed by atoms with van der Waals surface area (Å²) in [6.45, 7) is 3.77. The zero-order valence-corrected chi connectivity index (χ0v) is 11.3. The standard InChI is InChI=1S/C15H20FN3/c1-19(10-12-3-2-6-18-9-12)11-14-7-15(16)5-4-13(14)8-17/h4-5,7,12,18H,2-3,6,9-11H2,1H3. The second-order valence-electron chi connectivity index (χ2n) is 5.32. The van der Waals surface area contributed by atoms with Crippen molar-refractivity contribution in [1.29, 1.82) is 5.26 Å². The zero-order valence-electron chi connectivity index (χ0n) is 11.3. The number of hydrogen-bond acceptors (Lipinski definition) is 3. The molecule has 0 radical (unpaired) electrons. The molecular formula is C15H20FN3. The molecule has 1 fully saturated rings. The Morgan fingerprint density at radius 2 is 2.37 bits per heavy atom. The first-order chi connectivity index (χ1) is 9.19. The maximum atomic E-state index is 13.3. The average Bonchev–Trinajstić information content (AvgIpc) is 2.40. The number of nitrogens with one attached hydrogen (secondary N) is 1. The molecule has 2 rings (SSSR count). The number of nitrogens with zero attached hydrogens (tertiary/aromatic N) is 2. The van der Waals surface area contributed by atoms with Crippen molar-refractivity contribution in [3.05, 3.63) is 35.1 Å². The van der Waals surface area contributed by atoms with Crippen molar-refractivity contribution in [3.8, 4) is 6.07 Å². The first kappa shape index (κ1) is 14.0. The van der Waals surface area contributed by atoms with E-state index in [1.54, 1.807) is 6.07 Å². The van der Waals surface area contributed by atoms with Crippen LogP contribution in [0.2, 0.25) is 0 Å². The predicted molar refractivity (Wildman–Crippen MR) is 73.0 cm³/mol. The summed E-state index contributed by atoms with van der Waals surface area (Å²) < 4.78 is 13.3. The molecule has 1 aromatic rings. The Morgan fingerprint density at radius 1 is 1.53 bits per heavy atom. The van der Waals surface area contributed by atoms with Crippen molar-refractivity contribution in [2.45, 2.75) is 19.4 Å². The van der Waals surface area contributed by atoms with Crippen LogP contribution in [0.25, 0.3) is 0 Å². The van der Waals surface area contributed by atoms with E-state index in [1.807, 2.05) is 7.05 Å². The van der Waals surface area contributed by atoms with E-state index in [4.69, 9.17) is 5.26 Å². The Hall–Kier alpha value is -1.44. The van der Waals surface area contributed by atoms with Gasteiger partial charge in [0.2, 0.25) is 0 Å². The maximum absolute atomic E-state index is 13.3. The quantitative estimate of drug-likeness (QED) is 0.902. The SMILES string of the molecule is CN(Cc1cc(F)ccc1C#N)CC1CCCNC1. The van der Waals surface area contributed by atoms with E-state index in [0.29, 0.717) is 18.0 Å². The Bertz CT molecular complexity index is 461. The van der Waals surface area contributed by atoms with Gasteiger partial charge < -0.3 is 10.2 Å². The summed E-state index contributed by atoms with van der Waals surface area (Å²) >= 11 is 0. The number of hydrogen-bond donors (Lipinski definition) is 1. The minimum Gasteiger partial charge on any atom is -0.316 e. The van der Waals surface area contributed by atoms with Gasteiger partial charge in [0.05, 0.1) is 11.6 Å². The number of benzene rings is 1. The van der Waals surface area contributed by atoms with Gasteiger partial charge in [-0.05, 0) is 62.7 Å². The molecule has 1 aliphatic heterocycles. The lowest BCUT2D eigenvalue weighted by molar-refractivity contribution is 0.237. The lowest BCUT2D eigenvalue weighted by Crippen LogP contribution is -2.36. The molecule has 1 saturated heterocycles. The summed E-state index contributed by atoms with van der Waals surface area (Å²) in [4.78, 5) is 2.17. The highest BCUT2D eigenvalue weighted by Gasteiger charge is 2.16. The van der Waals surface area contributed by atoms with Gasteiger partial charge in [0.25, 0.3) is 0 Å². The van der Waals surface area contributed by atoms with Gasteiger partial charge in [-0.15, -0.1) is 0 Å². The smallest absolute Gasteiger partial charge is 0.123 e. The van der Waals surface area contributed by atoms with Crippen LogP contribution in [0.3, 0.4) is 0 Å². The van der Waals surface area contributed by atoms with Crippen molar-refractivity contribution >= 4 is 0 Å². The van der Waals surface area contributed by atoms with Crippen molar-refractivity contribution in [2.75, 3.05) is 26.7 Å². The maximum Gasteiger partial charge on any atom is 0.123 e. The van der Waals surface area contributed by atoms with E-state index in [-0.39, 0.29) is 5.82 Å². The van der Waals surface area contributed by atoms with Gasteiger partial charge in [0, 0.05) is 13.1 Å². The summed E-state index contributed by atoms with van der Waals surface area (Å²) in [6.07, 6.45) is 2.47. The fourth-order valence-electron chi connectivity index (χ4n) is 2.68. The molecule has 0 saturated carbocycles. The molecule has 19 heavy (non-hydrogen) atoms. The Morgan fingerprint density at radius 3 is 3.05 bits per heavy atom. The van der Waals surface area contributed by atoms with Crippen molar-refractivity contribution in [1.82, 2.24) is 10.2 Å². The monoisotopic (exact) mass is 261 g/mol. The third-order valence-electron chi connectivity index (χ3n) is 3.60. The van der Waals surface area contributed by atoms with Crippen LogP contribution in [0.5, 0.6) is 0 Å². The van der Waals surface area contributed by atoms with E-state index < -0.39 is 0 Å². The first-order valence-corrected chi connectivity index (χ1v) is 6.77. The molecule has 0 spiro atoms. The van der Waals surface area contributed by atoms with Crippen molar-refractivity contribution in [2.24, 2.45) is 5.92 Å². The van der Waals surface area contributed by atoms with E-state index >= 15 is 0 Å². The van der Waals surface area contributed by atoms with Gasteiger partial charge in [-0.2, -0.15) is 5.26 Å². The largest absolute Gasteiger partial charge is 0.316 e. The molecule has 1 aromatic carbocycles. The van der Waals surface area contributed by atoms with Crippen LogP contribution in [-0.4, -0.2) is 31.6 Å². The predicted octanol–water partition coefficient (Wildman–Crippen LogP) is 2.13. The minimum absolute atomic E-state index is 0.276. The second-order valence-corrected chi connectivity index (χ2v) is 5.32. The molecule has 1 aliphatic rings. The normalized spacial score (nSPS) is 19.4. The number of rotatable bonds is 4. The third-order valence-corrected chi connectivity index (χ3v) is 3.60. The summed E-state index contributed by atoms with van der Waals surface area (Å²) in [7, 11) is 2.03. The topological polar surface area (TPSA) is 39.1 Å². The minimum atomic E-state index is -0.276. The molecule has 1 atom stereocenters. The first-order valence-electron chi connectivity index (χ1n) is 6.77. The lowest BCUT2D eigenvalue weighted by atomic mass is 9.99. The molecule has 0 aromatic heterocycles. The molecule has 1 heterocycles. The highest BCUT2D eigenvalue weighted by molar-refractivity contribution is 5.37. The van der Waals surface area contributed by atoms with E-state index in [1.165, 1.54) is 25.0 Å². The van der Waals surface area contributed by atoms with Crippen LogP contribution in [0.4, 0.5) is 4.39 Å². The van der Waals surface area contributed by atoms with Crippen LogP contribution in [0.1, 0.15) is 24.0 Å². The molecular weight excluding hydrogens is 241 g/mol. The van der Waals surface area contributed by atoms with Gasteiger partial charge in [0.1, 0.15) is 5.82 Å². The Kier molecular flexibility index (Phi) is 4.89. The highest BCUT2D eigenvalue weighted by atomic mass is 19.1. The van der Waals surface area contributed by atoms with E-state index in [9.17, 15) is 4.39 Å². The van der Waals surface area contributed by atoms with Crippen molar-refractivity contribution in [3.63, 3.8) is 0 Å². The third kappa shape index (κ3) is 4.02. The molecule has 102 valence electrons. The van der Waals surface area contributed by atoms with Crippen molar-refractivity contribution < 1.29 is 4.39 Å². The van der Waals surface area contributed by atoms with Gasteiger partial charge in [0.15, 0.2) is 0 Å². The summed E-state index contributed by atoms with van der Waals surface area (Å²) in [5.41, 5.74) is 1.34.